The molecule has 9 rings (SSSR count). The molecule has 0 N–H and O–H groups in total. The Labute approximate surface area is 308 Å². The van der Waals surface area contributed by atoms with Crippen molar-refractivity contribution in [3.05, 3.63) is 120 Å². The van der Waals surface area contributed by atoms with Crippen molar-refractivity contribution in [3.8, 4) is 33.9 Å². The van der Waals surface area contributed by atoms with Crippen molar-refractivity contribution >= 4 is 23.2 Å². The second-order valence-corrected chi connectivity index (χ2v) is 15.2. The number of carbonyl (C=O) groups is 2. The van der Waals surface area contributed by atoms with E-state index in [-0.39, 0.29) is 11.8 Å². The second kappa shape index (κ2) is 12.3. The summed E-state index contributed by atoms with van der Waals surface area (Å²) >= 11 is 0. The first-order valence-corrected chi connectivity index (χ1v) is 17.8. The molecular weight excluding hydrogens is 668 g/mol. The lowest BCUT2D eigenvalue weighted by atomic mass is 9.86. The fourth-order valence-electron chi connectivity index (χ4n) is 7.56. The van der Waals surface area contributed by atoms with E-state index < -0.39 is 16.6 Å². The summed E-state index contributed by atoms with van der Waals surface area (Å²) in [7, 11) is 1.83. The minimum absolute atomic E-state index is 0.123. The molecule has 1 saturated carbocycles. The second-order valence-electron chi connectivity index (χ2n) is 15.2. The SMILES string of the molecule is Cc1cnccc1-n1cnc(-c2ccc3c(c2)N(C)C(=O)C3(C)C)c1.Cc1nc(-c2ccc3c(c2)N(C2CC2)C(=O)C3(C)C)cn1-c1ccncc1F. The lowest BCUT2D eigenvalue weighted by Crippen LogP contribution is -2.37. The standard InChI is InChI=1S/C22H21FN4O.C20H20N4O/c1-13-25-18(12-26(13)19-8-9-24-11-17(19)23)14-4-7-16-20(10-14)27(15-5-6-15)21(28)22(16,2)3;1-13-10-21-8-7-17(13)24-11-16(22-12-24)14-5-6-15-18(9-14)23(4)19(25)20(15,2)3/h4,7-12,15H,5-6H2,1-3H3;5-12H,1-4H3. The number of amides is 2. The Kier molecular flexibility index (Phi) is 7.94. The van der Waals surface area contributed by atoms with Crippen LogP contribution in [-0.4, -0.2) is 54.0 Å². The van der Waals surface area contributed by atoms with Crippen LogP contribution in [0.25, 0.3) is 33.9 Å². The highest BCUT2D eigenvalue weighted by molar-refractivity contribution is 6.09. The van der Waals surface area contributed by atoms with Crippen LogP contribution in [0.1, 0.15) is 63.1 Å². The third-order valence-electron chi connectivity index (χ3n) is 10.8. The van der Waals surface area contributed by atoms with Gasteiger partial charge >= 0.3 is 0 Å². The van der Waals surface area contributed by atoms with E-state index in [0.29, 0.717) is 17.6 Å². The van der Waals surface area contributed by atoms with Gasteiger partial charge in [0.05, 0.1) is 46.1 Å². The first-order valence-electron chi connectivity index (χ1n) is 17.8. The molecular formula is C42H41FN8O2. The molecule has 10 nitrogen and oxygen atoms in total. The molecule has 4 aromatic heterocycles. The molecule has 0 unspecified atom stereocenters. The first-order chi connectivity index (χ1) is 25.3. The number of aromatic nitrogens is 6. The molecule has 268 valence electrons. The Bertz CT molecular complexity index is 2440. The molecule has 11 heteroatoms. The third-order valence-corrected chi connectivity index (χ3v) is 10.8. The van der Waals surface area contributed by atoms with E-state index in [0.717, 1.165) is 69.1 Å². The number of pyridine rings is 2. The largest absolute Gasteiger partial charge is 0.314 e. The number of likely N-dealkylation sites (N-methyl/N-ethyl adjacent to an activating group) is 1. The molecule has 0 radical (unpaired) electrons. The zero-order valence-corrected chi connectivity index (χ0v) is 30.9. The normalized spacial score (nSPS) is 16.8. The summed E-state index contributed by atoms with van der Waals surface area (Å²) in [6.45, 7) is 11.8. The molecule has 0 bridgehead atoms. The maximum Gasteiger partial charge on any atom is 0.237 e. The summed E-state index contributed by atoms with van der Waals surface area (Å²) in [4.78, 5) is 46.2. The van der Waals surface area contributed by atoms with Crippen molar-refractivity contribution in [1.29, 1.82) is 0 Å². The van der Waals surface area contributed by atoms with Gasteiger partial charge in [-0.3, -0.25) is 19.6 Å². The number of aryl methyl sites for hydroxylation is 2. The third kappa shape index (κ3) is 5.62. The molecule has 6 aromatic rings. The zero-order valence-electron chi connectivity index (χ0n) is 30.9. The van der Waals surface area contributed by atoms with E-state index in [4.69, 9.17) is 0 Å². The van der Waals surface area contributed by atoms with Gasteiger partial charge in [-0.25, -0.2) is 14.4 Å². The van der Waals surface area contributed by atoms with Crippen LogP contribution in [-0.2, 0) is 20.4 Å². The number of nitrogens with zero attached hydrogens (tertiary/aromatic N) is 8. The van der Waals surface area contributed by atoms with Crippen molar-refractivity contribution in [1.82, 2.24) is 29.1 Å². The molecule has 1 fully saturated rings. The van der Waals surface area contributed by atoms with Gasteiger partial charge in [-0.2, -0.15) is 0 Å². The van der Waals surface area contributed by atoms with Gasteiger partial charge in [0.15, 0.2) is 5.82 Å². The maximum atomic E-state index is 14.2. The molecule has 53 heavy (non-hydrogen) atoms. The van der Waals surface area contributed by atoms with E-state index in [1.807, 2.05) is 119 Å². The van der Waals surface area contributed by atoms with Crippen LogP contribution in [0.5, 0.6) is 0 Å². The fourth-order valence-corrected chi connectivity index (χ4v) is 7.56. The van der Waals surface area contributed by atoms with Crippen LogP contribution in [0.2, 0.25) is 0 Å². The van der Waals surface area contributed by atoms with Gasteiger partial charge in [-0.1, -0.05) is 24.3 Å². The van der Waals surface area contributed by atoms with Gasteiger partial charge < -0.3 is 18.9 Å². The monoisotopic (exact) mass is 708 g/mol. The molecule has 2 aliphatic heterocycles. The van der Waals surface area contributed by atoms with Gasteiger partial charge in [-0.15, -0.1) is 0 Å². The maximum absolute atomic E-state index is 14.2. The molecule has 0 atom stereocenters. The fraction of sp³-hybridized carbons (Fsp3) is 0.286. The number of halogens is 1. The topological polar surface area (TPSA) is 102 Å². The number of carbonyl (C=O) groups excluding carboxylic acids is 2. The van der Waals surface area contributed by atoms with Crippen molar-refractivity contribution in [2.24, 2.45) is 0 Å². The smallest absolute Gasteiger partial charge is 0.237 e. The van der Waals surface area contributed by atoms with Gasteiger partial charge in [0.25, 0.3) is 0 Å². The Hall–Kier alpha value is -5.97. The Morgan fingerprint density at radius 2 is 1.36 bits per heavy atom. The summed E-state index contributed by atoms with van der Waals surface area (Å²) in [5, 5.41) is 0. The highest BCUT2D eigenvalue weighted by Gasteiger charge is 2.49. The van der Waals surface area contributed by atoms with Crippen molar-refractivity contribution in [2.45, 2.75) is 71.3 Å². The van der Waals surface area contributed by atoms with Crippen LogP contribution >= 0.6 is 0 Å². The number of hydrogen-bond acceptors (Lipinski definition) is 6. The van der Waals surface area contributed by atoms with E-state index >= 15 is 0 Å². The molecule has 0 saturated heterocycles. The number of benzene rings is 2. The highest BCUT2D eigenvalue weighted by Crippen LogP contribution is 2.48. The Balaban J connectivity index is 0.000000152. The Morgan fingerprint density at radius 3 is 2.04 bits per heavy atom. The molecule has 3 aliphatic rings. The number of fused-ring (bicyclic) bond motifs is 2. The minimum atomic E-state index is -0.508. The molecule has 1 aliphatic carbocycles. The number of hydrogen-bond donors (Lipinski definition) is 0. The van der Waals surface area contributed by atoms with E-state index in [9.17, 15) is 14.0 Å². The quantitative estimate of drug-likeness (QED) is 0.182. The molecule has 0 spiro atoms. The summed E-state index contributed by atoms with van der Waals surface area (Å²) in [5.41, 5.74) is 9.21. The average molecular weight is 709 g/mol. The van der Waals surface area contributed by atoms with Crippen molar-refractivity contribution in [3.63, 3.8) is 0 Å². The molecule has 2 amide bonds. The van der Waals surface area contributed by atoms with Gasteiger partial charge in [-0.05, 0) is 95.3 Å². The van der Waals surface area contributed by atoms with Gasteiger partial charge in [0, 0.05) is 66.6 Å². The zero-order chi connectivity index (χ0) is 37.4. The predicted octanol–water partition coefficient (Wildman–Crippen LogP) is 7.67. The predicted molar refractivity (Wildman–Crippen MR) is 203 cm³/mol. The van der Waals surface area contributed by atoms with E-state index in [2.05, 4.69) is 26.0 Å². The van der Waals surface area contributed by atoms with Crippen molar-refractivity contribution < 1.29 is 14.0 Å². The number of imidazole rings is 2. The van der Waals surface area contributed by atoms with Crippen LogP contribution < -0.4 is 9.80 Å². The minimum Gasteiger partial charge on any atom is -0.314 e. The lowest BCUT2D eigenvalue weighted by molar-refractivity contribution is -0.122. The summed E-state index contributed by atoms with van der Waals surface area (Å²) < 4.78 is 17.9. The van der Waals surface area contributed by atoms with Gasteiger partial charge in [0.2, 0.25) is 11.8 Å². The average Bonchev–Trinajstić information content (AvgIpc) is 3.58. The molecule has 2 aromatic carbocycles. The summed E-state index contributed by atoms with van der Waals surface area (Å²) in [5.74, 6) is 0.590. The summed E-state index contributed by atoms with van der Waals surface area (Å²) in [6.07, 6.45) is 14.1. The summed E-state index contributed by atoms with van der Waals surface area (Å²) in [6, 6.07) is 16.1. The number of rotatable bonds is 5. The molecule has 6 heterocycles. The van der Waals surface area contributed by atoms with Crippen LogP contribution in [0, 0.1) is 19.7 Å². The van der Waals surface area contributed by atoms with E-state index in [1.165, 1.54) is 6.20 Å². The van der Waals surface area contributed by atoms with Crippen molar-refractivity contribution in [2.75, 3.05) is 16.8 Å². The Morgan fingerprint density at radius 1 is 0.736 bits per heavy atom. The number of anilines is 2. The van der Waals surface area contributed by atoms with E-state index in [1.54, 1.807) is 27.9 Å². The van der Waals surface area contributed by atoms with Crippen LogP contribution in [0.15, 0.2) is 92.0 Å². The van der Waals surface area contributed by atoms with Crippen LogP contribution in [0.3, 0.4) is 0 Å². The lowest BCUT2D eigenvalue weighted by Gasteiger charge is -2.19. The van der Waals surface area contributed by atoms with Gasteiger partial charge in [0.1, 0.15) is 5.82 Å². The first kappa shape index (κ1) is 34.1. The van der Waals surface area contributed by atoms with Crippen LogP contribution in [0.4, 0.5) is 15.8 Å². The highest BCUT2D eigenvalue weighted by atomic mass is 19.1.